The summed E-state index contributed by atoms with van der Waals surface area (Å²) < 4.78 is 5.91. The smallest absolute Gasteiger partial charge is 0.274 e. The zero-order valence-corrected chi connectivity index (χ0v) is 17.8. The van der Waals surface area contributed by atoms with Crippen LogP contribution in [0.5, 0.6) is 0 Å². The second-order valence-corrected chi connectivity index (χ2v) is 7.98. The van der Waals surface area contributed by atoms with Crippen molar-refractivity contribution in [1.82, 2.24) is 30.4 Å². The number of hydrogen-bond acceptors (Lipinski definition) is 6. The third kappa shape index (κ3) is 3.75. The van der Waals surface area contributed by atoms with Gasteiger partial charge in [-0.1, -0.05) is 12.1 Å². The summed E-state index contributed by atoms with van der Waals surface area (Å²) in [5.74, 6) is -0.269. The molecule has 0 spiro atoms. The van der Waals surface area contributed by atoms with Crippen LogP contribution in [0.1, 0.15) is 50.5 Å². The number of H-pyrrole nitrogens is 1. The number of carbonyl (C=O) groups excluding carboxylic acids is 2. The molecule has 1 aliphatic heterocycles. The number of aromatic nitrogens is 4. The first-order valence-electron chi connectivity index (χ1n) is 10.8. The number of amides is 2. The van der Waals surface area contributed by atoms with Crippen LogP contribution in [0.3, 0.4) is 0 Å². The molecule has 32 heavy (non-hydrogen) atoms. The molecule has 3 aromatic heterocycles. The second-order valence-electron chi connectivity index (χ2n) is 7.98. The fourth-order valence-electron chi connectivity index (χ4n) is 4.25. The summed E-state index contributed by atoms with van der Waals surface area (Å²) in [6.45, 7) is 1.44. The third-order valence-corrected chi connectivity index (χ3v) is 6.04. The number of rotatable bonds is 4. The van der Waals surface area contributed by atoms with Gasteiger partial charge in [0.05, 0.1) is 18.8 Å². The van der Waals surface area contributed by atoms with Gasteiger partial charge in [-0.25, -0.2) is 0 Å². The van der Waals surface area contributed by atoms with Crippen LogP contribution in [0.4, 0.5) is 0 Å². The molecule has 1 unspecified atom stereocenters. The largest absolute Gasteiger partial charge is 0.368 e. The standard InChI is InChI=1S/C23H24N6O3/c1-24-22(30)19-8-6-15(12-26-19)14-5-7-18(25-11-14)20-13-29(9-10-32-20)23(31)21-16-3-2-4-17(16)27-28-21/h5-8,11-12,20H,2-4,9-10,13H2,1H3,(H,24,30)(H,27,28). The first kappa shape index (κ1) is 20.3. The maximum Gasteiger partial charge on any atom is 0.274 e. The van der Waals surface area contributed by atoms with Gasteiger partial charge in [0, 0.05) is 48.4 Å². The van der Waals surface area contributed by atoms with E-state index in [1.165, 1.54) is 0 Å². The van der Waals surface area contributed by atoms with Crippen LogP contribution in [-0.4, -0.2) is 63.6 Å². The molecule has 5 rings (SSSR count). The molecule has 9 heteroatoms. The molecular weight excluding hydrogens is 408 g/mol. The zero-order valence-electron chi connectivity index (χ0n) is 17.8. The molecule has 1 fully saturated rings. The number of ether oxygens (including phenoxy) is 1. The Bertz CT molecular complexity index is 1140. The van der Waals surface area contributed by atoms with Crippen molar-refractivity contribution in [3.8, 4) is 11.1 Å². The number of morpholine rings is 1. The van der Waals surface area contributed by atoms with Crippen LogP contribution in [-0.2, 0) is 17.6 Å². The van der Waals surface area contributed by atoms with Gasteiger partial charge in [-0.3, -0.25) is 24.7 Å². The monoisotopic (exact) mass is 432 g/mol. The Labute approximate surface area is 185 Å². The molecule has 2 N–H and O–H groups in total. The number of carbonyl (C=O) groups is 2. The van der Waals surface area contributed by atoms with E-state index in [1.807, 2.05) is 18.2 Å². The minimum Gasteiger partial charge on any atom is -0.368 e. The maximum atomic E-state index is 13.1. The van der Waals surface area contributed by atoms with Gasteiger partial charge in [-0.15, -0.1) is 0 Å². The summed E-state index contributed by atoms with van der Waals surface area (Å²) in [6.07, 6.45) is 6.06. The Kier molecular flexibility index (Phi) is 5.40. The number of pyridine rings is 2. The number of aryl methyl sites for hydroxylation is 1. The van der Waals surface area contributed by atoms with Gasteiger partial charge in [0.1, 0.15) is 11.8 Å². The Morgan fingerprint density at radius 2 is 1.94 bits per heavy atom. The van der Waals surface area contributed by atoms with E-state index in [0.717, 1.165) is 47.3 Å². The lowest BCUT2D eigenvalue weighted by molar-refractivity contribution is -0.0249. The lowest BCUT2D eigenvalue weighted by Crippen LogP contribution is -2.42. The quantitative estimate of drug-likeness (QED) is 0.651. The molecular formula is C23H24N6O3. The molecule has 1 aliphatic carbocycles. The number of fused-ring (bicyclic) bond motifs is 1. The summed E-state index contributed by atoms with van der Waals surface area (Å²) >= 11 is 0. The van der Waals surface area contributed by atoms with Gasteiger partial charge in [0.25, 0.3) is 11.8 Å². The van der Waals surface area contributed by atoms with Crippen molar-refractivity contribution < 1.29 is 14.3 Å². The maximum absolute atomic E-state index is 13.1. The predicted molar refractivity (Wildman–Crippen MR) is 116 cm³/mol. The van der Waals surface area contributed by atoms with E-state index in [4.69, 9.17) is 4.74 Å². The second kappa shape index (κ2) is 8.51. The first-order chi connectivity index (χ1) is 15.6. The number of nitrogens with one attached hydrogen (secondary N) is 2. The summed E-state index contributed by atoms with van der Waals surface area (Å²) in [4.78, 5) is 35.3. The lowest BCUT2D eigenvalue weighted by atomic mass is 10.1. The van der Waals surface area contributed by atoms with Crippen LogP contribution >= 0.6 is 0 Å². The molecule has 1 atom stereocenters. The highest BCUT2D eigenvalue weighted by Gasteiger charge is 2.31. The highest BCUT2D eigenvalue weighted by Crippen LogP contribution is 2.27. The Morgan fingerprint density at radius 1 is 1.12 bits per heavy atom. The van der Waals surface area contributed by atoms with E-state index < -0.39 is 0 Å². The molecule has 9 nitrogen and oxygen atoms in total. The van der Waals surface area contributed by atoms with Crippen molar-refractivity contribution in [2.75, 3.05) is 26.7 Å². The van der Waals surface area contributed by atoms with Gasteiger partial charge in [-0.2, -0.15) is 5.10 Å². The molecule has 0 radical (unpaired) electrons. The molecule has 2 amide bonds. The van der Waals surface area contributed by atoms with E-state index in [-0.39, 0.29) is 17.9 Å². The molecule has 0 bridgehead atoms. The van der Waals surface area contributed by atoms with Crippen LogP contribution in [0.15, 0.2) is 36.7 Å². The fraction of sp³-hybridized carbons (Fsp3) is 0.348. The lowest BCUT2D eigenvalue weighted by Gasteiger charge is -2.32. The van der Waals surface area contributed by atoms with Crippen LogP contribution < -0.4 is 5.32 Å². The van der Waals surface area contributed by atoms with Gasteiger partial charge in [0.2, 0.25) is 0 Å². The van der Waals surface area contributed by atoms with E-state index >= 15 is 0 Å². The van der Waals surface area contributed by atoms with Crippen LogP contribution in [0.25, 0.3) is 11.1 Å². The van der Waals surface area contributed by atoms with E-state index in [0.29, 0.717) is 31.1 Å². The molecule has 2 aliphatic rings. The minimum absolute atomic E-state index is 0.0448. The Morgan fingerprint density at radius 3 is 2.66 bits per heavy atom. The van der Waals surface area contributed by atoms with Crippen molar-refractivity contribution in [2.24, 2.45) is 0 Å². The summed E-state index contributed by atoms with van der Waals surface area (Å²) in [7, 11) is 1.57. The zero-order chi connectivity index (χ0) is 22.1. The molecule has 1 saturated heterocycles. The summed E-state index contributed by atoms with van der Waals surface area (Å²) in [5, 5.41) is 9.85. The fourth-order valence-corrected chi connectivity index (χ4v) is 4.25. The average molecular weight is 432 g/mol. The predicted octanol–water partition coefficient (Wildman–Crippen LogP) is 1.93. The van der Waals surface area contributed by atoms with E-state index in [9.17, 15) is 9.59 Å². The molecule has 4 heterocycles. The Hall–Kier alpha value is -3.59. The summed E-state index contributed by atoms with van der Waals surface area (Å²) in [6, 6.07) is 7.38. The molecule has 0 aromatic carbocycles. The van der Waals surface area contributed by atoms with Gasteiger partial charge in [-0.05, 0) is 31.4 Å². The Balaban J connectivity index is 1.28. The first-order valence-corrected chi connectivity index (χ1v) is 10.8. The molecule has 164 valence electrons. The third-order valence-electron chi connectivity index (χ3n) is 6.04. The van der Waals surface area contributed by atoms with Crippen molar-refractivity contribution in [2.45, 2.75) is 25.4 Å². The average Bonchev–Trinajstić information content (AvgIpc) is 3.48. The van der Waals surface area contributed by atoms with Gasteiger partial charge >= 0.3 is 0 Å². The molecule has 3 aromatic rings. The van der Waals surface area contributed by atoms with E-state index in [2.05, 4.69) is 25.5 Å². The highest BCUT2D eigenvalue weighted by molar-refractivity contribution is 5.94. The highest BCUT2D eigenvalue weighted by atomic mass is 16.5. The van der Waals surface area contributed by atoms with Crippen LogP contribution in [0.2, 0.25) is 0 Å². The minimum atomic E-state index is -0.289. The van der Waals surface area contributed by atoms with Crippen molar-refractivity contribution in [1.29, 1.82) is 0 Å². The molecule has 0 saturated carbocycles. The number of hydrogen-bond donors (Lipinski definition) is 2. The van der Waals surface area contributed by atoms with Gasteiger partial charge in [0.15, 0.2) is 5.69 Å². The van der Waals surface area contributed by atoms with Crippen molar-refractivity contribution in [3.05, 3.63) is 65.0 Å². The van der Waals surface area contributed by atoms with E-state index in [1.54, 1.807) is 30.4 Å². The van der Waals surface area contributed by atoms with Crippen molar-refractivity contribution in [3.63, 3.8) is 0 Å². The van der Waals surface area contributed by atoms with Crippen molar-refractivity contribution >= 4 is 11.8 Å². The number of nitrogens with zero attached hydrogens (tertiary/aromatic N) is 4. The topological polar surface area (TPSA) is 113 Å². The number of aromatic amines is 1. The van der Waals surface area contributed by atoms with Crippen LogP contribution in [0, 0.1) is 0 Å². The normalized spacial score (nSPS) is 17.8. The SMILES string of the molecule is CNC(=O)c1ccc(-c2ccc(C3CN(C(=O)c4n[nH]c5c4CCC5)CCO3)nc2)cn1. The summed E-state index contributed by atoms with van der Waals surface area (Å²) in [5.41, 5.74) is 5.60. The van der Waals surface area contributed by atoms with Gasteiger partial charge < -0.3 is 15.0 Å².